The van der Waals surface area contributed by atoms with E-state index >= 15 is 0 Å². The van der Waals surface area contributed by atoms with Crippen molar-refractivity contribution in [3.05, 3.63) is 0 Å². The zero-order chi connectivity index (χ0) is 10.3. The van der Waals surface area contributed by atoms with Crippen molar-refractivity contribution < 1.29 is 14.6 Å². The first-order valence-electron chi connectivity index (χ1n) is 4.95. The molecular weight excluding hydrogens is 168 g/mol. The van der Waals surface area contributed by atoms with E-state index in [1.807, 2.05) is 13.8 Å². The van der Waals surface area contributed by atoms with E-state index in [1.165, 1.54) is 0 Å². The van der Waals surface area contributed by atoms with Crippen LogP contribution in [0.25, 0.3) is 0 Å². The van der Waals surface area contributed by atoms with Crippen LogP contribution in [-0.2, 0) is 9.53 Å². The van der Waals surface area contributed by atoms with Gasteiger partial charge in [-0.05, 0) is 19.3 Å². The summed E-state index contributed by atoms with van der Waals surface area (Å²) in [6, 6.07) is 0. The lowest BCUT2D eigenvalue weighted by Crippen LogP contribution is -2.18. The fourth-order valence-electron chi connectivity index (χ4n) is 1.06. The third-order valence-electron chi connectivity index (χ3n) is 2.25. The van der Waals surface area contributed by atoms with E-state index in [4.69, 9.17) is 4.74 Å². The van der Waals surface area contributed by atoms with E-state index in [9.17, 15) is 9.90 Å². The van der Waals surface area contributed by atoms with Crippen LogP contribution in [0.15, 0.2) is 0 Å². The Kier molecular flexibility index (Phi) is 6.59. The molecule has 0 spiro atoms. The van der Waals surface area contributed by atoms with Gasteiger partial charge in [0.2, 0.25) is 0 Å². The molecule has 0 saturated heterocycles. The topological polar surface area (TPSA) is 46.5 Å². The molecule has 3 heteroatoms. The van der Waals surface area contributed by atoms with Crippen LogP contribution in [0.1, 0.15) is 40.0 Å². The number of esters is 1. The van der Waals surface area contributed by atoms with Gasteiger partial charge in [0, 0.05) is 6.42 Å². The van der Waals surface area contributed by atoms with Crippen LogP contribution >= 0.6 is 0 Å². The molecule has 0 aromatic carbocycles. The summed E-state index contributed by atoms with van der Waals surface area (Å²) in [5.41, 5.74) is 0. The highest BCUT2D eigenvalue weighted by molar-refractivity contribution is 5.69. The van der Waals surface area contributed by atoms with Gasteiger partial charge < -0.3 is 9.84 Å². The molecule has 0 aliphatic carbocycles. The summed E-state index contributed by atoms with van der Waals surface area (Å²) in [7, 11) is 0. The zero-order valence-electron chi connectivity index (χ0n) is 8.75. The van der Waals surface area contributed by atoms with Crippen LogP contribution in [0.2, 0.25) is 0 Å². The van der Waals surface area contributed by atoms with E-state index in [-0.39, 0.29) is 18.0 Å². The summed E-state index contributed by atoms with van der Waals surface area (Å²) >= 11 is 0. The van der Waals surface area contributed by atoms with Gasteiger partial charge in [0.15, 0.2) is 0 Å². The predicted molar refractivity (Wildman–Crippen MR) is 51.3 cm³/mol. The molecule has 13 heavy (non-hydrogen) atoms. The average Bonchev–Trinajstić information content (AvgIpc) is 2.13. The highest BCUT2D eigenvalue weighted by atomic mass is 16.5. The molecule has 0 aliphatic rings. The Hall–Kier alpha value is -0.570. The Morgan fingerprint density at radius 2 is 2.08 bits per heavy atom. The minimum atomic E-state index is -0.380. The van der Waals surface area contributed by atoms with Gasteiger partial charge in [-0.25, -0.2) is 0 Å². The molecular formula is C10H20O3. The Balaban J connectivity index is 3.57. The summed E-state index contributed by atoms with van der Waals surface area (Å²) in [4.78, 5) is 10.9. The Bertz CT molecular complexity index is 145. The molecule has 0 aromatic heterocycles. The van der Waals surface area contributed by atoms with Crippen molar-refractivity contribution in [2.24, 2.45) is 5.92 Å². The first-order valence-corrected chi connectivity index (χ1v) is 4.95. The van der Waals surface area contributed by atoms with Crippen LogP contribution in [0.5, 0.6) is 0 Å². The van der Waals surface area contributed by atoms with Gasteiger partial charge in [0.25, 0.3) is 0 Å². The molecule has 2 unspecified atom stereocenters. The van der Waals surface area contributed by atoms with Gasteiger partial charge in [0.05, 0.1) is 12.7 Å². The first kappa shape index (κ1) is 12.4. The van der Waals surface area contributed by atoms with Crippen molar-refractivity contribution in [1.29, 1.82) is 0 Å². The highest BCUT2D eigenvalue weighted by Crippen LogP contribution is 2.12. The molecule has 0 fully saturated rings. The lowest BCUT2D eigenvalue weighted by atomic mass is 9.98. The molecule has 0 aromatic rings. The average molecular weight is 188 g/mol. The van der Waals surface area contributed by atoms with Crippen LogP contribution in [-0.4, -0.2) is 23.8 Å². The first-order chi connectivity index (χ1) is 6.11. The Labute approximate surface area is 80.1 Å². The number of rotatable bonds is 6. The molecule has 0 saturated carbocycles. The fraction of sp³-hybridized carbons (Fsp3) is 0.900. The lowest BCUT2D eigenvalue weighted by molar-refractivity contribution is -0.143. The standard InChI is InChI=1S/C10H20O3/c1-4-8(3)9(11)6-7-10(12)13-5-2/h8-9,11H,4-7H2,1-3H3. The quantitative estimate of drug-likeness (QED) is 0.646. The summed E-state index contributed by atoms with van der Waals surface area (Å²) in [6.45, 7) is 6.20. The molecule has 0 rings (SSSR count). The molecule has 0 heterocycles. The van der Waals surface area contributed by atoms with Crippen molar-refractivity contribution in [3.8, 4) is 0 Å². The molecule has 78 valence electrons. The lowest BCUT2D eigenvalue weighted by Gasteiger charge is -2.16. The summed E-state index contributed by atoms with van der Waals surface area (Å²) < 4.78 is 4.76. The number of carbonyl (C=O) groups is 1. The highest BCUT2D eigenvalue weighted by Gasteiger charge is 2.14. The van der Waals surface area contributed by atoms with Crippen LogP contribution in [0.3, 0.4) is 0 Å². The normalized spacial score (nSPS) is 15.1. The molecule has 0 bridgehead atoms. The molecule has 0 aliphatic heterocycles. The van der Waals surface area contributed by atoms with Crippen molar-refractivity contribution in [3.63, 3.8) is 0 Å². The Morgan fingerprint density at radius 3 is 2.54 bits per heavy atom. The van der Waals surface area contributed by atoms with Crippen molar-refractivity contribution in [2.45, 2.75) is 46.1 Å². The monoisotopic (exact) mass is 188 g/mol. The smallest absolute Gasteiger partial charge is 0.305 e. The zero-order valence-corrected chi connectivity index (χ0v) is 8.75. The SMILES string of the molecule is CCOC(=O)CCC(O)C(C)CC. The van der Waals surface area contributed by atoms with Gasteiger partial charge in [-0.15, -0.1) is 0 Å². The van der Waals surface area contributed by atoms with Crippen LogP contribution < -0.4 is 0 Å². The number of ether oxygens (including phenoxy) is 1. The number of aliphatic hydroxyl groups is 1. The maximum atomic E-state index is 10.9. The molecule has 3 nitrogen and oxygen atoms in total. The van der Waals surface area contributed by atoms with E-state index in [2.05, 4.69) is 0 Å². The maximum absolute atomic E-state index is 10.9. The predicted octanol–water partition coefficient (Wildman–Crippen LogP) is 1.74. The number of hydrogen-bond acceptors (Lipinski definition) is 3. The van der Waals surface area contributed by atoms with E-state index < -0.39 is 0 Å². The second-order valence-electron chi connectivity index (χ2n) is 3.30. The van der Waals surface area contributed by atoms with Gasteiger partial charge in [-0.1, -0.05) is 20.3 Å². The third-order valence-corrected chi connectivity index (χ3v) is 2.25. The second-order valence-corrected chi connectivity index (χ2v) is 3.30. The van der Waals surface area contributed by atoms with Gasteiger partial charge in [-0.3, -0.25) is 4.79 Å². The Morgan fingerprint density at radius 1 is 1.46 bits per heavy atom. The largest absolute Gasteiger partial charge is 0.466 e. The van der Waals surface area contributed by atoms with Crippen molar-refractivity contribution >= 4 is 5.97 Å². The van der Waals surface area contributed by atoms with Gasteiger partial charge >= 0.3 is 5.97 Å². The van der Waals surface area contributed by atoms with E-state index in [1.54, 1.807) is 6.92 Å². The number of aliphatic hydroxyl groups excluding tert-OH is 1. The minimum absolute atomic E-state index is 0.218. The van der Waals surface area contributed by atoms with Gasteiger partial charge in [0.1, 0.15) is 0 Å². The molecule has 2 atom stereocenters. The fourth-order valence-corrected chi connectivity index (χ4v) is 1.06. The summed E-state index contributed by atoms with van der Waals surface area (Å²) in [5.74, 6) is 0.0410. The maximum Gasteiger partial charge on any atom is 0.305 e. The minimum Gasteiger partial charge on any atom is -0.466 e. The number of carbonyl (C=O) groups excluding carboxylic acids is 1. The van der Waals surface area contributed by atoms with Crippen molar-refractivity contribution in [2.75, 3.05) is 6.61 Å². The second kappa shape index (κ2) is 6.89. The van der Waals surface area contributed by atoms with Crippen molar-refractivity contribution in [1.82, 2.24) is 0 Å². The van der Waals surface area contributed by atoms with E-state index in [0.717, 1.165) is 6.42 Å². The molecule has 0 amide bonds. The van der Waals surface area contributed by atoms with Crippen LogP contribution in [0.4, 0.5) is 0 Å². The number of hydrogen-bond donors (Lipinski definition) is 1. The third kappa shape index (κ3) is 5.64. The molecule has 1 N–H and O–H groups in total. The van der Waals surface area contributed by atoms with Crippen LogP contribution in [0, 0.1) is 5.92 Å². The summed E-state index contributed by atoms with van der Waals surface area (Å²) in [5, 5.41) is 9.53. The van der Waals surface area contributed by atoms with E-state index in [0.29, 0.717) is 19.4 Å². The van der Waals surface area contributed by atoms with Gasteiger partial charge in [-0.2, -0.15) is 0 Å². The summed E-state index contributed by atoms with van der Waals surface area (Å²) in [6.07, 6.45) is 1.38. The molecule has 0 radical (unpaired) electrons.